The Balaban J connectivity index is 2.05. The van der Waals surface area contributed by atoms with Crippen LogP contribution in [0, 0.1) is 0 Å². The number of fused-ring (bicyclic) bond motifs is 1. The van der Waals surface area contributed by atoms with Crippen molar-refractivity contribution >= 4 is 34.4 Å². The van der Waals surface area contributed by atoms with Crippen LogP contribution < -0.4 is 16.4 Å². The first kappa shape index (κ1) is 20.7. The molecule has 11 heteroatoms. The Morgan fingerprint density at radius 2 is 1.97 bits per heavy atom. The zero-order valence-electron chi connectivity index (χ0n) is 15.1. The second-order valence-corrected chi connectivity index (χ2v) is 6.54. The number of amides is 1. The van der Waals surface area contributed by atoms with E-state index in [2.05, 4.69) is 25.6 Å². The topological polar surface area (TPSA) is 106 Å². The monoisotopic (exact) mass is 424 g/mol. The van der Waals surface area contributed by atoms with Crippen LogP contribution in [0.25, 0.3) is 11.0 Å². The lowest BCUT2D eigenvalue weighted by atomic mass is 10.0. The molecule has 0 bridgehead atoms. The van der Waals surface area contributed by atoms with E-state index < -0.39 is 23.7 Å². The summed E-state index contributed by atoms with van der Waals surface area (Å²) in [6.45, 7) is 0.278. The lowest BCUT2D eigenvalue weighted by Gasteiger charge is -2.21. The van der Waals surface area contributed by atoms with Gasteiger partial charge in [-0.05, 0) is 30.8 Å². The molecule has 1 aromatic carbocycles. The van der Waals surface area contributed by atoms with Crippen molar-refractivity contribution in [1.29, 1.82) is 0 Å². The Morgan fingerprint density at radius 1 is 1.21 bits per heavy atom. The Kier molecular flexibility index (Phi) is 5.85. The summed E-state index contributed by atoms with van der Waals surface area (Å²) in [5.74, 6) is -0.428. The molecule has 1 atom stereocenters. The van der Waals surface area contributed by atoms with E-state index in [4.69, 9.17) is 17.3 Å². The smallest absolute Gasteiger partial charge is 0.366 e. The molecule has 0 saturated heterocycles. The quantitative estimate of drug-likeness (QED) is 0.561. The van der Waals surface area contributed by atoms with E-state index in [0.717, 1.165) is 6.07 Å². The standard InChI is InChI=1S/C18H16ClF3N6O/c1-24-7-13(9-2-3-12(19)11(6-9)18(20,21)22)28-17-15-14(26-8-27-17)10(16(23)29)4-5-25-15/h2-6,8,13,24H,7H2,1H3,(H2,23,29)(H,26,27,28). The third-order valence-electron chi connectivity index (χ3n) is 4.21. The van der Waals surface area contributed by atoms with Crippen molar-refractivity contribution < 1.29 is 18.0 Å². The van der Waals surface area contributed by atoms with Crippen LogP contribution in [-0.4, -0.2) is 34.5 Å². The van der Waals surface area contributed by atoms with Gasteiger partial charge in [-0.2, -0.15) is 13.2 Å². The largest absolute Gasteiger partial charge is 0.417 e. The predicted molar refractivity (Wildman–Crippen MR) is 103 cm³/mol. The summed E-state index contributed by atoms with van der Waals surface area (Å²) in [5.41, 5.74) is 5.46. The normalized spacial score (nSPS) is 12.7. The van der Waals surface area contributed by atoms with E-state index in [1.165, 1.54) is 30.7 Å². The molecule has 0 fully saturated rings. The van der Waals surface area contributed by atoms with Crippen molar-refractivity contribution in [1.82, 2.24) is 20.3 Å². The summed E-state index contributed by atoms with van der Waals surface area (Å²) in [4.78, 5) is 24.0. The van der Waals surface area contributed by atoms with E-state index >= 15 is 0 Å². The molecule has 29 heavy (non-hydrogen) atoms. The van der Waals surface area contributed by atoms with E-state index in [0.29, 0.717) is 5.56 Å². The molecule has 2 heterocycles. The van der Waals surface area contributed by atoms with E-state index in [9.17, 15) is 18.0 Å². The number of nitrogens with one attached hydrogen (secondary N) is 2. The number of pyridine rings is 1. The van der Waals surface area contributed by atoms with Crippen molar-refractivity contribution in [2.75, 3.05) is 18.9 Å². The van der Waals surface area contributed by atoms with Crippen LogP contribution in [0.4, 0.5) is 19.0 Å². The van der Waals surface area contributed by atoms with Gasteiger partial charge in [0, 0.05) is 12.7 Å². The number of rotatable bonds is 6. The Labute approximate surface area is 168 Å². The molecule has 7 nitrogen and oxygen atoms in total. The van der Waals surface area contributed by atoms with Crippen molar-refractivity contribution in [2.45, 2.75) is 12.2 Å². The summed E-state index contributed by atoms with van der Waals surface area (Å²) in [6.07, 6.45) is -1.98. The van der Waals surface area contributed by atoms with Crippen LogP contribution in [0.3, 0.4) is 0 Å². The van der Waals surface area contributed by atoms with Crippen molar-refractivity contribution in [3.63, 3.8) is 0 Å². The molecule has 2 aromatic heterocycles. The fraction of sp³-hybridized carbons (Fsp3) is 0.222. The van der Waals surface area contributed by atoms with Gasteiger partial charge in [-0.25, -0.2) is 9.97 Å². The summed E-state index contributed by atoms with van der Waals surface area (Å²) in [6, 6.07) is 4.52. The summed E-state index contributed by atoms with van der Waals surface area (Å²) >= 11 is 5.72. The van der Waals surface area contributed by atoms with Gasteiger partial charge < -0.3 is 16.4 Å². The van der Waals surface area contributed by atoms with Gasteiger partial charge in [-0.1, -0.05) is 17.7 Å². The maximum atomic E-state index is 13.2. The van der Waals surface area contributed by atoms with Gasteiger partial charge in [0.05, 0.1) is 22.2 Å². The SMILES string of the molecule is CNCC(Nc1ncnc2c(C(N)=O)ccnc12)c1ccc(Cl)c(C(F)(F)F)c1. The van der Waals surface area contributed by atoms with Gasteiger partial charge in [0.15, 0.2) is 5.82 Å². The third kappa shape index (κ3) is 4.38. The van der Waals surface area contributed by atoms with Crippen LogP contribution in [0.1, 0.15) is 27.5 Å². The minimum Gasteiger partial charge on any atom is -0.366 e. The molecular weight excluding hydrogens is 409 g/mol. The number of nitrogens with zero attached hydrogens (tertiary/aromatic N) is 3. The highest BCUT2D eigenvalue weighted by Crippen LogP contribution is 2.36. The lowest BCUT2D eigenvalue weighted by molar-refractivity contribution is -0.137. The fourth-order valence-corrected chi connectivity index (χ4v) is 3.09. The van der Waals surface area contributed by atoms with E-state index in [1.807, 2.05) is 0 Å². The number of alkyl halides is 3. The zero-order valence-corrected chi connectivity index (χ0v) is 15.8. The van der Waals surface area contributed by atoms with Gasteiger partial charge in [0.1, 0.15) is 17.4 Å². The van der Waals surface area contributed by atoms with Gasteiger partial charge in [-0.15, -0.1) is 0 Å². The lowest BCUT2D eigenvalue weighted by Crippen LogP contribution is -2.25. The summed E-state index contributed by atoms with van der Waals surface area (Å²) < 4.78 is 39.7. The molecule has 0 aliphatic rings. The Morgan fingerprint density at radius 3 is 2.62 bits per heavy atom. The number of hydrogen-bond acceptors (Lipinski definition) is 6. The van der Waals surface area contributed by atoms with Crippen molar-refractivity contribution in [3.05, 3.63) is 58.5 Å². The van der Waals surface area contributed by atoms with E-state index in [-0.39, 0.29) is 34.0 Å². The second-order valence-electron chi connectivity index (χ2n) is 6.13. The maximum Gasteiger partial charge on any atom is 0.417 e. The van der Waals surface area contributed by atoms with Crippen LogP contribution in [0.2, 0.25) is 5.02 Å². The summed E-state index contributed by atoms with van der Waals surface area (Å²) in [7, 11) is 1.66. The molecule has 3 aromatic rings. The van der Waals surface area contributed by atoms with Crippen LogP contribution in [-0.2, 0) is 6.18 Å². The number of nitrogens with two attached hydrogens (primary N) is 1. The van der Waals surface area contributed by atoms with Gasteiger partial charge in [0.2, 0.25) is 0 Å². The number of anilines is 1. The zero-order chi connectivity index (χ0) is 21.2. The molecule has 0 aliphatic carbocycles. The van der Waals surface area contributed by atoms with Crippen LogP contribution in [0.5, 0.6) is 0 Å². The first-order valence-electron chi connectivity index (χ1n) is 8.39. The summed E-state index contributed by atoms with van der Waals surface area (Å²) in [5, 5.41) is 5.60. The first-order valence-corrected chi connectivity index (χ1v) is 8.77. The number of likely N-dealkylation sites (N-methyl/N-ethyl adjacent to an activating group) is 1. The molecule has 3 rings (SSSR count). The van der Waals surface area contributed by atoms with Crippen molar-refractivity contribution in [3.8, 4) is 0 Å². The number of primary amides is 1. The van der Waals surface area contributed by atoms with E-state index in [1.54, 1.807) is 7.05 Å². The second kappa shape index (κ2) is 8.18. The fourth-order valence-electron chi connectivity index (χ4n) is 2.87. The Bertz CT molecular complexity index is 1060. The number of halogens is 4. The molecular formula is C18H16ClF3N6O. The number of aromatic nitrogens is 3. The van der Waals surface area contributed by atoms with Crippen molar-refractivity contribution in [2.24, 2.45) is 5.73 Å². The molecule has 0 saturated carbocycles. The number of benzene rings is 1. The highest BCUT2D eigenvalue weighted by molar-refractivity contribution is 6.31. The average Bonchev–Trinajstić information content (AvgIpc) is 2.67. The van der Waals surface area contributed by atoms with Gasteiger partial charge in [0.25, 0.3) is 5.91 Å². The minimum absolute atomic E-state index is 0.163. The maximum absolute atomic E-state index is 13.2. The first-order chi connectivity index (χ1) is 13.7. The van der Waals surface area contributed by atoms with Crippen LogP contribution >= 0.6 is 11.6 Å². The molecule has 0 spiro atoms. The molecule has 152 valence electrons. The average molecular weight is 425 g/mol. The van der Waals surface area contributed by atoms with Gasteiger partial charge in [-0.3, -0.25) is 9.78 Å². The van der Waals surface area contributed by atoms with Crippen LogP contribution in [0.15, 0.2) is 36.8 Å². The van der Waals surface area contributed by atoms with Gasteiger partial charge >= 0.3 is 6.18 Å². The highest BCUT2D eigenvalue weighted by Gasteiger charge is 2.34. The third-order valence-corrected chi connectivity index (χ3v) is 4.53. The number of carbonyl (C=O) groups excluding carboxylic acids is 1. The molecule has 1 amide bonds. The Hall–Kier alpha value is -2.98. The number of carbonyl (C=O) groups is 1. The molecule has 1 unspecified atom stereocenters. The predicted octanol–water partition coefficient (Wildman–Crippen LogP) is 3.17. The highest BCUT2D eigenvalue weighted by atomic mass is 35.5. The minimum atomic E-state index is -4.59. The molecule has 4 N–H and O–H groups in total. The number of hydrogen-bond donors (Lipinski definition) is 3. The molecule has 0 aliphatic heterocycles. The molecule has 0 radical (unpaired) electrons.